The van der Waals surface area contributed by atoms with Crippen LogP contribution < -0.4 is 5.73 Å². The van der Waals surface area contributed by atoms with E-state index in [9.17, 15) is 20.6 Å². The van der Waals surface area contributed by atoms with Gasteiger partial charge in [0.05, 0.1) is 11.8 Å². The molecule has 4 rings (SSSR count). The Bertz CT molecular complexity index is 816. The van der Waals surface area contributed by atoms with E-state index in [0.717, 1.165) is 0 Å². The molecule has 0 amide bonds. The van der Waals surface area contributed by atoms with Crippen LogP contribution in [0.5, 0.6) is 0 Å². The number of rotatable bonds is 1. The van der Waals surface area contributed by atoms with Crippen LogP contribution in [0, 0.1) is 11.3 Å². The van der Waals surface area contributed by atoms with Crippen molar-refractivity contribution in [3.8, 4) is 6.07 Å². The molecule has 2 unspecified atom stereocenters. The summed E-state index contributed by atoms with van der Waals surface area (Å²) in [5.74, 6) is 0.212. The number of aliphatic hydroxyl groups excluding tert-OH is 3. The molecule has 2 aliphatic rings. The van der Waals surface area contributed by atoms with Crippen LogP contribution in [0.15, 0.2) is 18.5 Å². The van der Waals surface area contributed by atoms with E-state index < -0.39 is 29.5 Å². The molecule has 0 aromatic carbocycles. The van der Waals surface area contributed by atoms with Crippen LogP contribution in [-0.2, 0) is 10.3 Å². The van der Waals surface area contributed by atoms with Crippen LogP contribution in [-0.4, -0.2) is 53.8 Å². The highest BCUT2D eigenvalue weighted by Gasteiger charge is 2.74. The minimum absolute atomic E-state index is 0.162. The summed E-state index contributed by atoms with van der Waals surface area (Å²) >= 11 is 0. The number of anilines is 1. The quantitative estimate of drug-likeness (QED) is 0.486. The van der Waals surface area contributed by atoms with Gasteiger partial charge in [-0.15, -0.1) is 0 Å². The molecule has 1 spiro atoms. The summed E-state index contributed by atoms with van der Waals surface area (Å²) in [6.07, 6.45) is -2.43. The fourth-order valence-corrected chi connectivity index (χ4v) is 3.16. The maximum atomic E-state index is 10.4. The van der Waals surface area contributed by atoms with Gasteiger partial charge in [-0.1, -0.05) is 0 Å². The lowest BCUT2D eigenvalue weighted by Gasteiger charge is -2.24. The second-order valence-corrected chi connectivity index (χ2v) is 5.67. The van der Waals surface area contributed by atoms with E-state index in [-0.39, 0.29) is 17.9 Å². The number of aliphatic hydroxyl groups is 3. The van der Waals surface area contributed by atoms with Gasteiger partial charge in [0.2, 0.25) is 5.60 Å². The molecule has 5 N–H and O–H groups in total. The lowest BCUT2D eigenvalue weighted by Crippen LogP contribution is -2.41. The zero-order chi connectivity index (χ0) is 15.7. The predicted octanol–water partition coefficient (Wildman–Crippen LogP) is -1.71. The molecule has 3 heterocycles. The Balaban J connectivity index is 1.92. The molecular weight excluding hydrogens is 290 g/mol. The molecule has 2 aromatic heterocycles. The summed E-state index contributed by atoms with van der Waals surface area (Å²) < 4.78 is 7.04. The lowest BCUT2D eigenvalue weighted by molar-refractivity contribution is -0.0757. The second-order valence-electron chi connectivity index (χ2n) is 5.67. The molecular formula is C13H13N5O4. The smallest absolute Gasteiger partial charge is 0.225 e. The van der Waals surface area contributed by atoms with Gasteiger partial charge in [0.1, 0.15) is 35.7 Å². The SMILES string of the molecule is N#C[C@@]1(c2ccc3c(N)ncnn23)OC2(CC2O)[C@@H](O)[C@H]1O. The summed E-state index contributed by atoms with van der Waals surface area (Å²) in [4.78, 5) is 3.85. The summed E-state index contributed by atoms with van der Waals surface area (Å²) in [6, 6.07) is 5.06. The summed E-state index contributed by atoms with van der Waals surface area (Å²) in [6.45, 7) is 0. The van der Waals surface area contributed by atoms with Crippen LogP contribution in [0.25, 0.3) is 5.52 Å². The third kappa shape index (κ3) is 1.35. The predicted molar refractivity (Wildman–Crippen MR) is 71.1 cm³/mol. The fourth-order valence-electron chi connectivity index (χ4n) is 3.16. The Morgan fingerprint density at radius 3 is 2.68 bits per heavy atom. The zero-order valence-electron chi connectivity index (χ0n) is 11.3. The third-order valence-electron chi connectivity index (χ3n) is 4.51. The van der Waals surface area contributed by atoms with Gasteiger partial charge < -0.3 is 25.8 Å². The van der Waals surface area contributed by atoms with Gasteiger partial charge in [-0.05, 0) is 12.1 Å². The van der Waals surface area contributed by atoms with Crippen molar-refractivity contribution in [3.63, 3.8) is 0 Å². The maximum absolute atomic E-state index is 10.4. The van der Waals surface area contributed by atoms with Gasteiger partial charge in [0, 0.05) is 6.42 Å². The molecule has 1 saturated carbocycles. The number of nitrogen functional groups attached to an aromatic ring is 1. The van der Waals surface area contributed by atoms with Crippen LogP contribution in [0.1, 0.15) is 12.1 Å². The van der Waals surface area contributed by atoms with E-state index in [2.05, 4.69) is 10.1 Å². The largest absolute Gasteiger partial charge is 0.390 e. The lowest BCUT2D eigenvalue weighted by atomic mass is 9.92. The van der Waals surface area contributed by atoms with Crippen molar-refractivity contribution < 1.29 is 20.1 Å². The molecule has 2 aromatic rings. The number of nitrogens with two attached hydrogens (primary N) is 1. The van der Waals surface area contributed by atoms with E-state index in [4.69, 9.17) is 10.5 Å². The summed E-state index contributed by atoms with van der Waals surface area (Å²) in [5.41, 5.74) is 3.28. The zero-order valence-corrected chi connectivity index (χ0v) is 11.3. The van der Waals surface area contributed by atoms with E-state index in [1.54, 1.807) is 6.07 Å². The minimum Gasteiger partial charge on any atom is -0.390 e. The molecule has 9 heteroatoms. The Kier molecular flexibility index (Phi) is 2.40. The van der Waals surface area contributed by atoms with Gasteiger partial charge in [-0.3, -0.25) is 0 Å². The standard InChI is InChI=1S/C13H13N5O4/c14-4-13(10(21)9(20)12(22-13)3-8(12)19)7-2-1-6-11(15)16-5-17-18(6)7/h1-2,5,8-10,19-21H,3H2,(H2,15,16,17)/t8?,9-,10+,12?,13-/m0/s1. The first-order valence-corrected chi connectivity index (χ1v) is 6.70. The highest BCUT2D eigenvalue weighted by molar-refractivity contribution is 5.66. The monoisotopic (exact) mass is 303 g/mol. The van der Waals surface area contributed by atoms with Crippen LogP contribution in [0.2, 0.25) is 0 Å². The third-order valence-corrected chi connectivity index (χ3v) is 4.51. The Labute approximate surface area is 124 Å². The highest BCUT2D eigenvalue weighted by Crippen LogP contribution is 2.56. The van der Waals surface area contributed by atoms with E-state index in [1.807, 2.05) is 6.07 Å². The van der Waals surface area contributed by atoms with Gasteiger partial charge in [0.15, 0.2) is 5.82 Å². The van der Waals surface area contributed by atoms with Crippen molar-refractivity contribution in [2.45, 2.75) is 35.9 Å². The van der Waals surface area contributed by atoms with Crippen molar-refractivity contribution in [1.82, 2.24) is 14.6 Å². The number of aromatic nitrogens is 3. The van der Waals surface area contributed by atoms with Gasteiger partial charge in [-0.2, -0.15) is 10.4 Å². The molecule has 1 saturated heterocycles. The molecule has 5 atom stereocenters. The van der Waals surface area contributed by atoms with Crippen molar-refractivity contribution in [3.05, 3.63) is 24.2 Å². The summed E-state index contributed by atoms with van der Waals surface area (Å²) in [5, 5.41) is 44.0. The van der Waals surface area contributed by atoms with Crippen LogP contribution in [0.3, 0.4) is 0 Å². The van der Waals surface area contributed by atoms with Crippen molar-refractivity contribution in [2.24, 2.45) is 0 Å². The van der Waals surface area contributed by atoms with Gasteiger partial charge in [-0.25, -0.2) is 9.50 Å². The number of ether oxygens (including phenoxy) is 1. The molecule has 1 aliphatic heterocycles. The molecule has 1 aliphatic carbocycles. The molecule has 9 nitrogen and oxygen atoms in total. The number of hydrogen-bond acceptors (Lipinski definition) is 8. The first-order chi connectivity index (χ1) is 10.5. The van der Waals surface area contributed by atoms with E-state index in [0.29, 0.717) is 5.52 Å². The van der Waals surface area contributed by atoms with Crippen molar-refractivity contribution in [2.75, 3.05) is 5.73 Å². The van der Waals surface area contributed by atoms with Crippen molar-refractivity contribution >= 4 is 11.3 Å². The first kappa shape index (κ1) is 13.4. The highest BCUT2D eigenvalue weighted by atomic mass is 16.6. The van der Waals surface area contributed by atoms with Gasteiger partial charge in [0.25, 0.3) is 0 Å². The first-order valence-electron chi connectivity index (χ1n) is 6.70. The molecule has 0 radical (unpaired) electrons. The second kappa shape index (κ2) is 3.93. The average molecular weight is 303 g/mol. The average Bonchev–Trinajstić information content (AvgIpc) is 2.87. The normalized spacial score (nSPS) is 40.2. The summed E-state index contributed by atoms with van der Waals surface area (Å²) in [7, 11) is 0. The topological polar surface area (TPSA) is 150 Å². The Hall–Kier alpha value is -2.25. The van der Waals surface area contributed by atoms with E-state index in [1.165, 1.54) is 16.9 Å². The molecule has 0 bridgehead atoms. The Morgan fingerprint density at radius 1 is 1.36 bits per heavy atom. The number of fused-ring (bicyclic) bond motifs is 1. The molecule has 22 heavy (non-hydrogen) atoms. The number of nitriles is 1. The van der Waals surface area contributed by atoms with Crippen LogP contribution in [0.4, 0.5) is 5.82 Å². The Morgan fingerprint density at radius 2 is 2.09 bits per heavy atom. The number of hydrogen-bond donors (Lipinski definition) is 4. The molecule has 114 valence electrons. The van der Waals surface area contributed by atoms with Gasteiger partial charge >= 0.3 is 0 Å². The van der Waals surface area contributed by atoms with Crippen LogP contribution >= 0.6 is 0 Å². The molecule has 2 fully saturated rings. The maximum Gasteiger partial charge on any atom is 0.225 e. The van der Waals surface area contributed by atoms with Crippen molar-refractivity contribution in [1.29, 1.82) is 5.26 Å². The minimum atomic E-state index is -1.84. The number of nitrogens with zero attached hydrogens (tertiary/aromatic N) is 4. The fraction of sp³-hybridized carbons (Fsp3) is 0.462. The van der Waals surface area contributed by atoms with E-state index >= 15 is 0 Å².